The summed E-state index contributed by atoms with van der Waals surface area (Å²) in [4.78, 5) is 17.7. The molecule has 1 heterocycles. The Morgan fingerprint density at radius 3 is 2.73 bits per heavy atom. The SMILES string of the molecule is CN(C)CCC1=c2ccccc2=NC1=O. The van der Waals surface area contributed by atoms with Gasteiger partial charge < -0.3 is 4.90 Å². The van der Waals surface area contributed by atoms with Gasteiger partial charge in [-0.1, -0.05) is 18.2 Å². The molecule has 3 nitrogen and oxygen atoms in total. The van der Waals surface area contributed by atoms with Crippen molar-refractivity contribution in [3.8, 4) is 0 Å². The Balaban J connectivity index is 2.40. The number of carbonyl (C=O) groups is 1. The maximum absolute atomic E-state index is 11.6. The molecule has 15 heavy (non-hydrogen) atoms. The molecule has 0 bridgehead atoms. The van der Waals surface area contributed by atoms with Crippen LogP contribution in [0.4, 0.5) is 0 Å². The fraction of sp³-hybridized carbons (Fsp3) is 0.333. The van der Waals surface area contributed by atoms with E-state index in [9.17, 15) is 4.79 Å². The summed E-state index contributed by atoms with van der Waals surface area (Å²) >= 11 is 0. The van der Waals surface area contributed by atoms with Crippen molar-refractivity contribution in [3.05, 3.63) is 34.8 Å². The number of para-hydroxylation sites is 1. The van der Waals surface area contributed by atoms with Gasteiger partial charge in [-0.05, 0) is 26.6 Å². The predicted octanol–water partition coefficient (Wildman–Crippen LogP) is -0.0512. The van der Waals surface area contributed by atoms with E-state index in [4.69, 9.17) is 0 Å². The fourth-order valence-corrected chi connectivity index (χ4v) is 1.70. The average Bonchev–Trinajstić information content (AvgIpc) is 2.50. The highest BCUT2D eigenvalue weighted by atomic mass is 16.1. The first-order valence-electron chi connectivity index (χ1n) is 5.04. The van der Waals surface area contributed by atoms with Crippen LogP contribution in [0.15, 0.2) is 29.3 Å². The van der Waals surface area contributed by atoms with Crippen molar-refractivity contribution >= 4 is 11.5 Å². The van der Waals surface area contributed by atoms with Crippen LogP contribution in [0.2, 0.25) is 0 Å². The number of amides is 1. The number of benzene rings is 1. The molecule has 0 radical (unpaired) electrons. The zero-order chi connectivity index (χ0) is 10.8. The van der Waals surface area contributed by atoms with Gasteiger partial charge in [0.2, 0.25) is 0 Å². The highest BCUT2D eigenvalue weighted by molar-refractivity contribution is 6.15. The Bertz CT molecular complexity index is 503. The molecule has 1 aromatic rings. The first-order valence-corrected chi connectivity index (χ1v) is 5.04. The van der Waals surface area contributed by atoms with Gasteiger partial charge in [-0.25, -0.2) is 4.99 Å². The molecule has 0 aromatic heterocycles. The Morgan fingerprint density at radius 1 is 1.27 bits per heavy atom. The summed E-state index contributed by atoms with van der Waals surface area (Å²) in [5.74, 6) is -0.0712. The Labute approximate surface area is 88.7 Å². The van der Waals surface area contributed by atoms with Crippen LogP contribution in [0.1, 0.15) is 6.42 Å². The molecule has 3 heteroatoms. The second-order valence-corrected chi connectivity index (χ2v) is 3.97. The molecule has 1 aliphatic rings. The van der Waals surface area contributed by atoms with Gasteiger partial charge in [-0.2, -0.15) is 0 Å². The molecule has 0 saturated heterocycles. The lowest BCUT2D eigenvalue weighted by molar-refractivity contribution is -0.112. The molecular weight excluding hydrogens is 188 g/mol. The normalized spacial score (nSPS) is 14.3. The summed E-state index contributed by atoms with van der Waals surface area (Å²) in [6.45, 7) is 0.880. The van der Waals surface area contributed by atoms with Crippen LogP contribution in [0.5, 0.6) is 0 Å². The monoisotopic (exact) mass is 202 g/mol. The van der Waals surface area contributed by atoms with E-state index in [1.54, 1.807) is 0 Å². The molecule has 0 spiro atoms. The van der Waals surface area contributed by atoms with Crippen LogP contribution in [0.25, 0.3) is 5.57 Å². The number of nitrogens with zero attached hydrogens (tertiary/aromatic N) is 2. The van der Waals surface area contributed by atoms with E-state index in [0.29, 0.717) is 0 Å². The summed E-state index contributed by atoms with van der Waals surface area (Å²) < 4.78 is 0. The molecule has 1 amide bonds. The largest absolute Gasteiger partial charge is 0.309 e. The van der Waals surface area contributed by atoms with Gasteiger partial charge >= 0.3 is 0 Å². The molecule has 2 rings (SSSR count). The van der Waals surface area contributed by atoms with Crippen molar-refractivity contribution < 1.29 is 4.79 Å². The standard InChI is InChI=1S/C12H14N2O/c1-14(2)8-7-10-9-5-3-4-6-11(9)13-12(10)15/h3-6H,7-8H2,1-2H3. The number of hydrogen-bond acceptors (Lipinski definition) is 2. The number of fused-ring (bicyclic) bond motifs is 1. The molecule has 0 N–H and O–H groups in total. The van der Waals surface area contributed by atoms with Crippen LogP contribution in [-0.4, -0.2) is 31.4 Å². The zero-order valence-electron chi connectivity index (χ0n) is 9.03. The average molecular weight is 202 g/mol. The zero-order valence-corrected chi connectivity index (χ0v) is 9.03. The van der Waals surface area contributed by atoms with Crippen LogP contribution < -0.4 is 10.6 Å². The summed E-state index contributed by atoms with van der Waals surface area (Å²) in [5.41, 5.74) is 0.847. The van der Waals surface area contributed by atoms with Crippen molar-refractivity contribution in [2.45, 2.75) is 6.42 Å². The molecule has 0 fully saturated rings. The van der Waals surface area contributed by atoms with Crippen molar-refractivity contribution in [2.24, 2.45) is 4.99 Å². The maximum atomic E-state index is 11.6. The lowest BCUT2D eigenvalue weighted by atomic mass is 10.1. The summed E-state index contributed by atoms with van der Waals surface area (Å²) in [7, 11) is 4.01. The molecule has 0 atom stereocenters. The van der Waals surface area contributed by atoms with E-state index in [1.807, 2.05) is 38.4 Å². The molecular formula is C12H14N2O. The van der Waals surface area contributed by atoms with Gasteiger partial charge in [-0.3, -0.25) is 4.79 Å². The minimum Gasteiger partial charge on any atom is -0.309 e. The van der Waals surface area contributed by atoms with Crippen molar-refractivity contribution in [2.75, 3.05) is 20.6 Å². The predicted molar refractivity (Wildman–Crippen MR) is 58.8 cm³/mol. The van der Waals surface area contributed by atoms with Crippen molar-refractivity contribution in [3.63, 3.8) is 0 Å². The minimum absolute atomic E-state index is 0.0712. The van der Waals surface area contributed by atoms with E-state index < -0.39 is 0 Å². The van der Waals surface area contributed by atoms with E-state index in [0.717, 1.165) is 29.1 Å². The Hall–Kier alpha value is -1.48. The third-order valence-corrected chi connectivity index (χ3v) is 2.52. The van der Waals surface area contributed by atoms with Crippen LogP contribution in [0, 0.1) is 0 Å². The van der Waals surface area contributed by atoms with Crippen LogP contribution in [-0.2, 0) is 4.79 Å². The topological polar surface area (TPSA) is 32.7 Å². The fourth-order valence-electron chi connectivity index (χ4n) is 1.70. The van der Waals surface area contributed by atoms with Gasteiger partial charge in [0.1, 0.15) is 0 Å². The number of hydrogen-bond donors (Lipinski definition) is 0. The molecule has 1 aliphatic heterocycles. The van der Waals surface area contributed by atoms with Crippen molar-refractivity contribution in [1.29, 1.82) is 0 Å². The van der Waals surface area contributed by atoms with E-state index in [2.05, 4.69) is 9.89 Å². The smallest absolute Gasteiger partial charge is 0.274 e. The summed E-state index contributed by atoms with van der Waals surface area (Å²) in [6, 6.07) is 7.71. The summed E-state index contributed by atoms with van der Waals surface area (Å²) in [6.07, 6.45) is 0.770. The third-order valence-electron chi connectivity index (χ3n) is 2.52. The lowest BCUT2D eigenvalue weighted by Crippen LogP contribution is -2.23. The van der Waals surface area contributed by atoms with E-state index in [1.165, 1.54) is 0 Å². The first-order chi connectivity index (χ1) is 7.18. The van der Waals surface area contributed by atoms with Crippen LogP contribution in [0.3, 0.4) is 0 Å². The van der Waals surface area contributed by atoms with Gasteiger partial charge in [-0.15, -0.1) is 0 Å². The second-order valence-electron chi connectivity index (χ2n) is 3.97. The molecule has 0 unspecified atom stereocenters. The Morgan fingerprint density at radius 2 is 2.00 bits per heavy atom. The molecule has 0 aliphatic carbocycles. The molecule has 1 aromatic carbocycles. The van der Waals surface area contributed by atoms with Gasteiger partial charge in [0, 0.05) is 17.3 Å². The highest BCUT2D eigenvalue weighted by Crippen LogP contribution is 2.05. The van der Waals surface area contributed by atoms with E-state index in [-0.39, 0.29) is 5.91 Å². The van der Waals surface area contributed by atoms with Crippen LogP contribution >= 0.6 is 0 Å². The molecule has 78 valence electrons. The van der Waals surface area contributed by atoms with E-state index >= 15 is 0 Å². The second kappa shape index (κ2) is 3.95. The maximum Gasteiger partial charge on any atom is 0.274 e. The third kappa shape index (κ3) is 1.97. The quantitative estimate of drug-likeness (QED) is 0.688. The van der Waals surface area contributed by atoms with Gasteiger partial charge in [0.25, 0.3) is 5.91 Å². The number of rotatable bonds is 3. The number of carbonyl (C=O) groups excluding carboxylic acids is 1. The minimum atomic E-state index is -0.0712. The van der Waals surface area contributed by atoms with Crippen molar-refractivity contribution in [1.82, 2.24) is 4.90 Å². The lowest BCUT2D eigenvalue weighted by Gasteiger charge is -2.08. The van der Waals surface area contributed by atoms with Gasteiger partial charge in [0.05, 0.1) is 5.36 Å². The molecule has 0 saturated carbocycles. The first kappa shape index (κ1) is 10.1. The Kier molecular flexibility index (Phi) is 2.64. The highest BCUT2D eigenvalue weighted by Gasteiger charge is 2.15. The van der Waals surface area contributed by atoms with Gasteiger partial charge in [0.15, 0.2) is 0 Å². The summed E-state index contributed by atoms with van der Waals surface area (Å²) in [5, 5.41) is 1.82.